The number of likely N-dealkylation sites (tertiary alicyclic amines) is 1. The van der Waals surface area contributed by atoms with E-state index in [-0.39, 0.29) is 37.3 Å². The summed E-state index contributed by atoms with van der Waals surface area (Å²) in [6, 6.07) is 9.22. The lowest BCUT2D eigenvalue weighted by atomic mass is 9.60. The zero-order valence-corrected chi connectivity index (χ0v) is 17.3. The van der Waals surface area contributed by atoms with E-state index in [0.29, 0.717) is 18.6 Å². The molecule has 1 aromatic carbocycles. The van der Waals surface area contributed by atoms with Crippen LogP contribution < -0.4 is 5.43 Å². The number of rotatable bonds is 4. The molecular formula is C22H27N3O6. The van der Waals surface area contributed by atoms with Crippen LogP contribution in [0.1, 0.15) is 31.7 Å². The van der Waals surface area contributed by atoms with Gasteiger partial charge in [0.1, 0.15) is 6.61 Å². The number of aliphatic hydroxyl groups is 2. The molecular weight excluding hydrogens is 402 g/mol. The van der Waals surface area contributed by atoms with Crippen molar-refractivity contribution in [3.8, 4) is 0 Å². The Hall–Kier alpha value is -2.78. The first kappa shape index (κ1) is 21.5. The minimum Gasteiger partial charge on any atom is -0.443 e. The second-order valence-electron chi connectivity index (χ2n) is 8.35. The normalized spacial score (nSPS) is 33.8. The van der Waals surface area contributed by atoms with Gasteiger partial charge in [-0.05, 0) is 25.3 Å². The van der Waals surface area contributed by atoms with Crippen LogP contribution in [0.4, 0.5) is 4.79 Å². The molecule has 1 aromatic rings. The van der Waals surface area contributed by atoms with Crippen molar-refractivity contribution >= 4 is 23.6 Å². The highest BCUT2D eigenvalue weighted by molar-refractivity contribution is 6.06. The third kappa shape index (κ3) is 3.95. The summed E-state index contributed by atoms with van der Waals surface area (Å²) in [7, 11) is 0. The summed E-state index contributed by atoms with van der Waals surface area (Å²) in [4.78, 5) is 38.8. The molecule has 1 aliphatic heterocycles. The summed E-state index contributed by atoms with van der Waals surface area (Å²) in [6.45, 7) is 2.13. The van der Waals surface area contributed by atoms with E-state index in [1.807, 2.05) is 30.3 Å². The molecule has 31 heavy (non-hydrogen) atoms. The van der Waals surface area contributed by atoms with Crippen LogP contribution in [-0.2, 0) is 20.9 Å². The molecule has 3 amide bonds. The van der Waals surface area contributed by atoms with Crippen molar-refractivity contribution in [1.29, 1.82) is 0 Å². The number of imide groups is 1. The van der Waals surface area contributed by atoms with E-state index in [1.54, 1.807) is 6.92 Å². The third-order valence-corrected chi connectivity index (χ3v) is 6.69. The Morgan fingerprint density at radius 3 is 2.58 bits per heavy atom. The largest absolute Gasteiger partial charge is 0.443 e. The quantitative estimate of drug-likeness (QED) is 0.485. The van der Waals surface area contributed by atoms with Gasteiger partial charge in [-0.1, -0.05) is 30.3 Å². The maximum Gasteiger partial charge on any atom is 0.428 e. The van der Waals surface area contributed by atoms with E-state index in [0.717, 1.165) is 5.56 Å². The minimum absolute atomic E-state index is 0.0817. The third-order valence-electron chi connectivity index (χ3n) is 6.69. The van der Waals surface area contributed by atoms with Crippen LogP contribution in [0.25, 0.3) is 0 Å². The van der Waals surface area contributed by atoms with Gasteiger partial charge >= 0.3 is 6.09 Å². The fourth-order valence-corrected chi connectivity index (χ4v) is 5.25. The van der Waals surface area contributed by atoms with Gasteiger partial charge in [0.05, 0.1) is 24.0 Å². The number of ether oxygens (including phenoxy) is 1. The van der Waals surface area contributed by atoms with Crippen LogP contribution in [0.5, 0.6) is 0 Å². The van der Waals surface area contributed by atoms with Gasteiger partial charge in [0.25, 0.3) is 0 Å². The molecule has 6 atom stereocenters. The number of carbonyl (C=O) groups is 3. The molecule has 2 saturated carbocycles. The lowest BCUT2D eigenvalue weighted by Crippen LogP contribution is -2.55. The van der Waals surface area contributed by atoms with E-state index < -0.39 is 36.1 Å². The second-order valence-corrected chi connectivity index (χ2v) is 8.35. The molecule has 0 aromatic heterocycles. The predicted octanol–water partition coefficient (Wildman–Crippen LogP) is 1.04. The standard InChI is InChI=1S/C22H27N3O6/c1-2-25-20(28)14-9-8-13-15(10-16(26)19(27)17(13)18(14)21(25)29)23-24-22(30)31-11-12-6-4-3-5-7-12/h3-7,13-14,16-19,26-27H,2,8-11H2,1H3,(H,24,30)/t13-,14+,16+,17-,18+,19+/m0/s1. The minimum atomic E-state index is -1.13. The predicted molar refractivity (Wildman–Crippen MR) is 109 cm³/mol. The molecule has 0 bridgehead atoms. The molecule has 1 saturated heterocycles. The summed E-state index contributed by atoms with van der Waals surface area (Å²) in [5.41, 5.74) is 3.71. The highest BCUT2D eigenvalue weighted by Gasteiger charge is 2.59. The van der Waals surface area contributed by atoms with Gasteiger partial charge in [-0.2, -0.15) is 5.10 Å². The number of hydrazone groups is 1. The highest BCUT2D eigenvalue weighted by atomic mass is 16.6. The Labute approximate surface area is 180 Å². The Morgan fingerprint density at radius 1 is 1.16 bits per heavy atom. The maximum atomic E-state index is 12.9. The summed E-state index contributed by atoms with van der Waals surface area (Å²) >= 11 is 0. The first-order chi connectivity index (χ1) is 14.9. The smallest absolute Gasteiger partial charge is 0.428 e. The van der Waals surface area contributed by atoms with Gasteiger partial charge in [0, 0.05) is 30.5 Å². The van der Waals surface area contributed by atoms with Gasteiger partial charge < -0.3 is 14.9 Å². The lowest BCUT2D eigenvalue weighted by Gasteiger charge is -2.45. The molecule has 0 unspecified atom stereocenters. The molecule has 3 fully saturated rings. The maximum absolute atomic E-state index is 12.9. The Balaban J connectivity index is 1.48. The fourth-order valence-electron chi connectivity index (χ4n) is 5.25. The number of aliphatic hydroxyl groups excluding tert-OH is 2. The summed E-state index contributed by atoms with van der Waals surface area (Å²) in [6.07, 6.45) is -1.85. The average molecular weight is 429 g/mol. The number of carbonyl (C=O) groups excluding carboxylic acids is 3. The average Bonchev–Trinajstić information content (AvgIpc) is 3.03. The van der Waals surface area contributed by atoms with Crippen molar-refractivity contribution in [3.63, 3.8) is 0 Å². The summed E-state index contributed by atoms with van der Waals surface area (Å²) in [5.74, 6) is -2.57. The molecule has 9 nitrogen and oxygen atoms in total. The number of nitrogens with zero attached hydrogens (tertiary/aromatic N) is 2. The van der Waals surface area contributed by atoms with E-state index in [1.165, 1.54) is 4.90 Å². The van der Waals surface area contributed by atoms with E-state index in [9.17, 15) is 24.6 Å². The number of hydrogen-bond donors (Lipinski definition) is 3. The number of benzene rings is 1. The van der Waals surface area contributed by atoms with Gasteiger partial charge in [0.15, 0.2) is 0 Å². The second kappa shape index (κ2) is 8.76. The van der Waals surface area contributed by atoms with Gasteiger partial charge in [-0.3, -0.25) is 14.5 Å². The van der Waals surface area contributed by atoms with Gasteiger partial charge in [-0.25, -0.2) is 10.2 Å². The van der Waals surface area contributed by atoms with Crippen LogP contribution >= 0.6 is 0 Å². The SMILES string of the molecule is CCN1C(=O)[C@H]2[C@H]3[C@H](O)[C@H](O)CC(=NNC(=O)OCc4ccccc4)[C@@H]3CC[C@H]2C1=O. The Kier molecular flexibility index (Phi) is 6.06. The first-order valence-corrected chi connectivity index (χ1v) is 10.7. The van der Waals surface area contributed by atoms with Crippen LogP contribution in [0.2, 0.25) is 0 Å². The fraction of sp³-hybridized carbons (Fsp3) is 0.545. The van der Waals surface area contributed by atoms with Crippen LogP contribution in [0, 0.1) is 23.7 Å². The zero-order valence-electron chi connectivity index (χ0n) is 17.3. The van der Waals surface area contributed by atoms with Crippen molar-refractivity contribution in [3.05, 3.63) is 35.9 Å². The van der Waals surface area contributed by atoms with Crippen molar-refractivity contribution in [2.45, 2.75) is 45.0 Å². The monoisotopic (exact) mass is 429 g/mol. The lowest BCUT2D eigenvalue weighted by molar-refractivity contribution is -0.141. The van der Waals surface area contributed by atoms with Gasteiger partial charge in [-0.15, -0.1) is 0 Å². The molecule has 1 heterocycles. The number of nitrogens with one attached hydrogen (secondary N) is 1. The van der Waals surface area contributed by atoms with Crippen LogP contribution in [0.3, 0.4) is 0 Å². The molecule has 166 valence electrons. The van der Waals surface area contributed by atoms with Crippen molar-refractivity contribution < 1.29 is 29.3 Å². The first-order valence-electron chi connectivity index (χ1n) is 10.7. The highest BCUT2D eigenvalue weighted by Crippen LogP contribution is 2.49. The van der Waals surface area contributed by atoms with E-state index in [4.69, 9.17) is 4.74 Å². The molecule has 9 heteroatoms. The molecule has 0 spiro atoms. The number of amides is 3. The number of fused-ring (bicyclic) bond motifs is 3. The molecule has 0 radical (unpaired) electrons. The van der Waals surface area contributed by atoms with Crippen molar-refractivity contribution in [1.82, 2.24) is 10.3 Å². The van der Waals surface area contributed by atoms with Crippen molar-refractivity contribution in [2.75, 3.05) is 6.54 Å². The van der Waals surface area contributed by atoms with E-state index >= 15 is 0 Å². The summed E-state index contributed by atoms with van der Waals surface area (Å²) in [5, 5.41) is 25.3. The zero-order chi connectivity index (χ0) is 22.1. The van der Waals surface area contributed by atoms with E-state index in [2.05, 4.69) is 10.5 Å². The topological polar surface area (TPSA) is 129 Å². The Bertz CT molecular complexity index is 888. The van der Waals surface area contributed by atoms with Gasteiger partial charge in [0.2, 0.25) is 11.8 Å². The molecule has 2 aliphatic carbocycles. The number of hydrogen-bond acceptors (Lipinski definition) is 7. The molecule has 3 aliphatic rings. The molecule has 4 rings (SSSR count). The van der Waals surface area contributed by atoms with Crippen LogP contribution in [-0.4, -0.2) is 57.5 Å². The van der Waals surface area contributed by atoms with Crippen molar-refractivity contribution in [2.24, 2.45) is 28.8 Å². The Morgan fingerprint density at radius 2 is 1.87 bits per heavy atom. The van der Waals surface area contributed by atoms with Crippen LogP contribution in [0.15, 0.2) is 35.4 Å². The summed E-state index contributed by atoms with van der Waals surface area (Å²) < 4.78 is 5.16. The molecule has 3 N–H and O–H groups in total.